The summed E-state index contributed by atoms with van der Waals surface area (Å²) in [6, 6.07) is 13.9. The average Bonchev–Trinajstić information content (AvgIpc) is 3.42. The van der Waals surface area contributed by atoms with Crippen LogP contribution in [0.15, 0.2) is 36.4 Å². The summed E-state index contributed by atoms with van der Waals surface area (Å²) in [5, 5.41) is 3.22. The van der Waals surface area contributed by atoms with Gasteiger partial charge in [-0.3, -0.25) is 0 Å². The standard InChI is InChI=1S/2C12H20NSi.Hf/c2*1-11-6-7-12(10-11)14(2,3)13-8-4-5-9-13;/h2*6-7,10H,4-5,8-9H2,1-3H3;/q2*-1;. The van der Waals surface area contributed by atoms with Crippen molar-refractivity contribution in [2.24, 2.45) is 0 Å². The van der Waals surface area contributed by atoms with Gasteiger partial charge in [0.2, 0.25) is 0 Å². The molecule has 2 aliphatic rings. The molecule has 0 N–H and O–H groups in total. The first-order valence-corrected chi connectivity index (χ1v) is 17.1. The maximum absolute atomic E-state index is 2.74. The molecule has 2 saturated heterocycles. The van der Waals surface area contributed by atoms with Gasteiger partial charge in [0.1, 0.15) is 0 Å². The Kier molecular flexibility index (Phi) is 9.11. The minimum atomic E-state index is -1.29. The van der Waals surface area contributed by atoms with Crippen LogP contribution in [0, 0.1) is 13.8 Å². The summed E-state index contributed by atoms with van der Waals surface area (Å²) in [5.41, 5.74) is 2.83. The third-order valence-corrected chi connectivity index (χ3v) is 14.5. The Balaban J connectivity index is 0.000000200. The summed E-state index contributed by atoms with van der Waals surface area (Å²) < 4.78 is 5.48. The molecule has 2 heterocycles. The predicted octanol–water partition coefficient (Wildman–Crippen LogP) is 4.44. The van der Waals surface area contributed by atoms with Crippen LogP contribution in [0.2, 0.25) is 26.2 Å². The maximum atomic E-state index is 2.74. The van der Waals surface area contributed by atoms with Gasteiger partial charge in [-0.05, 0) is 51.9 Å². The molecular formula is C24H40HfN2Si2-2. The molecule has 2 aromatic carbocycles. The summed E-state index contributed by atoms with van der Waals surface area (Å²) in [4.78, 5) is 0. The van der Waals surface area contributed by atoms with Gasteiger partial charge in [-0.1, -0.05) is 40.0 Å². The van der Waals surface area contributed by atoms with Crippen molar-refractivity contribution in [2.75, 3.05) is 26.2 Å². The molecule has 2 fully saturated rings. The molecule has 160 valence electrons. The molecule has 0 atom stereocenters. The van der Waals surface area contributed by atoms with Crippen LogP contribution in [0.4, 0.5) is 0 Å². The van der Waals surface area contributed by atoms with Gasteiger partial charge in [0.15, 0.2) is 0 Å². The Labute approximate surface area is 200 Å². The summed E-state index contributed by atoms with van der Waals surface area (Å²) >= 11 is 0. The minimum absolute atomic E-state index is 0. The Morgan fingerprint density at radius 2 is 0.966 bits per heavy atom. The number of nitrogens with zero attached hydrogens (tertiary/aromatic N) is 2. The van der Waals surface area contributed by atoms with Crippen molar-refractivity contribution in [1.29, 1.82) is 0 Å². The molecule has 5 heteroatoms. The van der Waals surface area contributed by atoms with E-state index in [4.69, 9.17) is 0 Å². The SMILES string of the molecule is Cc1cc[c-]([Si](C)(C)N2CCCC2)c1.Cc1cc[c-]([Si](C)(C)N2CCCC2)c1.[Hf]. The van der Waals surface area contributed by atoms with E-state index in [2.05, 4.69) is 85.6 Å². The van der Waals surface area contributed by atoms with Crippen molar-refractivity contribution in [3.8, 4) is 0 Å². The van der Waals surface area contributed by atoms with Gasteiger partial charge < -0.3 is 9.13 Å². The zero-order valence-corrected chi connectivity index (χ0v) is 25.1. The number of hydrogen-bond acceptors (Lipinski definition) is 2. The van der Waals surface area contributed by atoms with Crippen LogP contribution >= 0.6 is 0 Å². The van der Waals surface area contributed by atoms with E-state index in [1.165, 1.54) is 63.0 Å². The van der Waals surface area contributed by atoms with Gasteiger partial charge >= 0.3 is 0 Å². The molecule has 0 aromatic heterocycles. The van der Waals surface area contributed by atoms with Gasteiger partial charge in [0.05, 0.1) is 16.5 Å². The van der Waals surface area contributed by atoms with Crippen molar-refractivity contribution < 1.29 is 25.8 Å². The molecule has 0 bridgehead atoms. The molecule has 2 aromatic rings. The Morgan fingerprint density at radius 1 is 0.655 bits per heavy atom. The molecule has 0 radical (unpaired) electrons. The molecule has 0 amide bonds. The fourth-order valence-corrected chi connectivity index (χ4v) is 10.5. The molecular weight excluding hydrogens is 551 g/mol. The Hall–Kier alpha value is -0.0761. The monoisotopic (exact) mass is 592 g/mol. The zero-order chi connectivity index (χ0) is 20.4. The second-order valence-corrected chi connectivity index (χ2v) is 18.5. The van der Waals surface area contributed by atoms with Crippen LogP contribution in [0.1, 0.15) is 36.8 Å². The van der Waals surface area contributed by atoms with Crippen LogP contribution in [0.3, 0.4) is 0 Å². The van der Waals surface area contributed by atoms with E-state index in [1.54, 1.807) is 10.4 Å². The molecule has 0 unspecified atom stereocenters. The van der Waals surface area contributed by atoms with E-state index in [0.29, 0.717) is 0 Å². The second kappa shape index (κ2) is 10.5. The molecule has 4 rings (SSSR count). The Bertz CT molecular complexity index is 686. The van der Waals surface area contributed by atoms with Crippen LogP contribution in [-0.4, -0.2) is 51.8 Å². The number of aryl methyl sites for hydroxylation is 2. The summed E-state index contributed by atoms with van der Waals surface area (Å²) in [5.74, 6) is 0. The molecule has 2 aliphatic heterocycles. The van der Waals surface area contributed by atoms with Gasteiger partial charge in [0, 0.05) is 25.8 Å². The van der Waals surface area contributed by atoms with Crippen molar-refractivity contribution >= 4 is 26.8 Å². The van der Waals surface area contributed by atoms with Gasteiger partial charge in [-0.25, -0.2) is 23.3 Å². The first-order chi connectivity index (χ1) is 13.2. The van der Waals surface area contributed by atoms with Crippen LogP contribution in [0.25, 0.3) is 0 Å². The molecule has 2 nitrogen and oxygen atoms in total. The maximum Gasteiger partial charge on any atom is 0.0928 e. The van der Waals surface area contributed by atoms with Gasteiger partial charge in [-0.15, -0.1) is 10.4 Å². The largest absolute Gasteiger partial charge is 0.330 e. The van der Waals surface area contributed by atoms with E-state index in [9.17, 15) is 0 Å². The Morgan fingerprint density at radius 3 is 1.21 bits per heavy atom. The summed E-state index contributed by atoms with van der Waals surface area (Å²) in [6.07, 6.45) is 5.60. The molecule has 0 saturated carbocycles. The smallest absolute Gasteiger partial charge is 0.0928 e. The minimum Gasteiger partial charge on any atom is -0.330 e. The van der Waals surface area contributed by atoms with E-state index in [-0.39, 0.29) is 25.8 Å². The van der Waals surface area contributed by atoms with Crippen LogP contribution in [0.5, 0.6) is 0 Å². The molecule has 0 aliphatic carbocycles. The van der Waals surface area contributed by atoms with E-state index < -0.39 is 16.5 Å². The van der Waals surface area contributed by atoms with Crippen LogP contribution in [-0.2, 0) is 25.8 Å². The fourth-order valence-electron chi connectivity index (χ4n) is 4.80. The topological polar surface area (TPSA) is 6.48 Å². The van der Waals surface area contributed by atoms with Crippen molar-refractivity contribution in [3.63, 3.8) is 0 Å². The predicted molar refractivity (Wildman–Crippen MR) is 129 cm³/mol. The van der Waals surface area contributed by atoms with E-state index in [1.807, 2.05) is 0 Å². The first-order valence-electron chi connectivity index (χ1n) is 11.2. The molecule has 29 heavy (non-hydrogen) atoms. The van der Waals surface area contributed by atoms with Crippen molar-refractivity contribution in [3.05, 3.63) is 47.5 Å². The van der Waals surface area contributed by atoms with Crippen LogP contribution < -0.4 is 10.4 Å². The van der Waals surface area contributed by atoms with E-state index >= 15 is 0 Å². The second-order valence-electron chi connectivity index (χ2n) is 9.86. The third kappa shape index (κ3) is 6.00. The van der Waals surface area contributed by atoms with E-state index in [0.717, 1.165) is 0 Å². The molecule has 0 spiro atoms. The quantitative estimate of drug-likeness (QED) is 0.384. The number of hydrogen-bond donors (Lipinski definition) is 0. The first kappa shape index (κ1) is 25.2. The fraction of sp³-hybridized carbons (Fsp3) is 0.583. The third-order valence-electron chi connectivity index (χ3n) is 7.02. The van der Waals surface area contributed by atoms with Gasteiger partial charge in [-0.2, -0.15) is 24.3 Å². The number of rotatable bonds is 4. The van der Waals surface area contributed by atoms with Gasteiger partial charge in [0.25, 0.3) is 0 Å². The van der Waals surface area contributed by atoms with Crippen molar-refractivity contribution in [2.45, 2.75) is 65.7 Å². The van der Waals surface area contributed by atoms with Crippen molar-refractivity contribution in [1.82, 2.24) is 9.13 Å². The average molecular weight is 591 g/mol. The zero-order valence-electron chi connectivity index (χ0n) is 19.5. The summed E-state index contributed by atoms with van der Waals surface area (Å²) in [7, 11) is -2.58. The summed E-state index contributed by atoms with van der Waals surface area (Å²) in [6.45, 7) is 19.6. The normalized spacial score (nSPS) is 18.4.